The van der Waals surface area contributed by atoms with E-state index in [1.165, 1.54) is 24.2 Å². The van der Waals surface area contributed by atoms with E-state index in [-0.39, 0.29) is 0 Å². The lowest BCUT2D eigenvalue weighted by molar-refractivity contribution is 0.106. The van der Waals surface area contributed by atoms with Crippen molar-refractivity contribution in [1.82, 2.24) is 0 Å². The predicted molar refractivity (Wildman–Crippen MR) is 54.1 cm³/mol. The lowest BCUT2D eigenvalue weighted by Gasteiger charge is -2.23. The van der Waals surface area contributed by atoms with Gasteiger partial charge in [0.05, 0.1) is 11.9 Å². The number of hydrogen-bond acceptors (Lipinski definition) is 1. The maximum Gasteiger partial charge on any atom is 0.0957 e. The minimum absolute atomic E-state index is 0.440. The van der Waals surface area contributed by atoms with Gasteiger partial charge in [0.2, 0.25) is 0 Å². The average molecular weight is 170 g/mol. The molecule has 0 fully saturated rings. The molecule has 0 aliphatic carbocycles. The van der Waals surface area contributed by atoms with E-state index >= 15 is 0 Å². The molecule has 1 heteroatoms. The van der Waals surface area contributed by atoms with Crippen LogP contribution in [0.2, 0.25) is 0 Å². The summed E-state index contributed by atoms with van der Waals surface area (Å²) in [5.74, 6) is 1.17. The van der Waals surface area contributed by atoms with Gasteiger partial charge < -0.3 is 4.74 Å². The van der Waals surface area contributed by atoms with Crippen molar-refractivity contribution in [3.8, 4) is 0 Å². The third kappa shape index (κ3) is 3.29. The van der Waals surface area contributed by atoms with Crippen molar-refractivity contribution >= 4 is 0 Å². The molecule has 1 rings (SSSR count). The summed E-state index contributed by atoms with van der Waals surface area (Å²) in [5.41, 5.74) is 1.50. The highest BCUT2D eigenvalue weighted by atomic mass is 16.5. The first-order valence-electron chi connectivity index (χ1n) is 5.09. The molecule has 1 heterocycles. The molecule has 0 spiro atoms. The molecule has 1 nitrogen and oxygen atoms in total. The minimum Gasteiger partial charge on any atom is -0.495 e. The van der Waals surface area contributed by atoms with Crippen LogP contribution in [0.25, 0.3) is 0 Å². The van der Waals surface area contributed by atoms with Crippen LogP contribution in [0, 0.1) is 0 Å². The lowest BCUT2D eigenvalue weighted by atomic mass is 10.0. The zero-order chi connectivity index (χ0) is 9.56. The monoisotopic (exact) mass is 170 g/mol. The third-order valence-corrected chi connectivity index (χ3v) is 2.16. The summed E-state index contributed by atoms with van der Waals surface area (Å²) in [6, 6.07) is 0. The van der Waals surface area contributed by atoms with Crippen molar-refractivity contribution in [1.29, 1.82) is 0 Å². The predicted octanol–water partition coefficient (Wildman–Crippen LogP) is 3.90. The minimum atomic E-state index is 0.440. The van der Waals surface area contributed by atoms with Crippen LogP contribution in [0.5, 0.6) is 0 Å². The fraction of sp³-hybridized carbons (Fsp3) is 0.818. The fourth-order valence-corrected chi connectivity index (χ4v) is 1.42. The summed E-state index contributed by atoms with van der Waals surface area (Å²) in [6.45, 7) is 10.4. The molecule has 0 aromatic rings. The third-order valence-electron chi connectivity index (χ3n) is 2.16. The number of allylic oxidation sites excluding steroid dienone is 2. The van der Waals surface area contributed by atoms with Crippen LogP contribution < -0.4 is 0 Å². The highest BCUT2D eigenvalue weighted by Crippen LogP contribution is 2.24. The van der Waals surface area contributed by atoms with Gasteiger partial charge in [-0.05, 0) is 38.7 Å². The Bertz CT molecular complexity index is 147. The Morgan fingerprint density at radius 1 is 1.42 bits per heavy atom. The fourth-order valence-electron chi connectivity index (χ4n) is 1.42. The molecule has 72 valence electrons. The Morgan fingerprint density at radius 2 is 2.00 bits per heavy atom. The largest absolute Gasteiger partial charge is 0.495 e. The summed E-state index contributed by atoms with van der Waals surface area (Å²) in [4.78, 5) is 0. The van der Waals surface area contributed by atoms with Gasteiger partial charge in [0.15, 0.2) is 0 Å². The molecule has 1 atom stereocenters. The number of ether oxygens (including phenoxy) is 1. The van der Waals surface area contributed by atoms with Gasteiger partial charge in [-0.25, -0.2) is 0 Å². The van der Waals surface area contributed by atoms with Gasteiger partial charge >= 0.3 is 0 Å². The Hall–Kier alpha value is -0.460. The molecule has 0 saturated carbocycles. The van der Waals surface area contributed by atoms with Crippen molar-refractivity contribution in [2.24, 2.45) is 0 Å². The molecule has 0 bridgehead atoms. The van der Waals surface area contributed by atoms with Crippen molar-refractivity contribution in [3.63, 3.8) is 0 Å². The Labute approximate surface area is 76.8 Å². The number of hydrogen-bond donors (Lipinski definition) is 0. The maximum atomic E-state index is 5.57. The Morgan fingerprint density at radius 3 is 2.42 bits per heavy atom. The van der Waals surface area contributed by atoms with Gasteiger partial charge in [0.25, 0.3) is 0 Å². The zero-order valence-corrected chi connectivity index (χ0v) is 9.11. The molecule has 0 amide bonds. The highest BCUT2D eigenvalue weighted by molar-refractivity contribution is 5.08. The molecule has 12 heavy (non-hydrogen) atoms. The van der Waals surface area contributed by atoms with Gasteiger partial charge in [0.1, 0.15) is 0 Å². The summed E-state index contributed by atoms with van der Waals surface area (Å²) in [6.07, 6.45) is 4.03. The summed E-state index contributed by atoms with van der Waals surface area (Å²) >= 11 is 0. The second kappa shape index (κ2) is 6.10. The van der Waals surface area contributed by atoms with E-state index in [1.54, 1.807) is 0 Å². The van der Waals surface area contributed by atoms with E-state index in [9.17, 15) is 0 Å². The molecule has 1 aliphatic heterocycles. The van der Waals surface area contributed by atoms with Gasteiger partial charge in [0, 0.05) is 0 Å². The van der Waals surface area contributed by atoms with Gasteiger partial charge in [-0.1, -0.05) is 20.8 Å². The molecule has 0 aromatic heterocycles. The molecular formula is C11H22O. The summed E-state index contributed by atoms with van der Waals surface area (Å²) in [7, 11) is 0. The van der Waals surface area contributed by atoms with Gasteiger partial charge in [-0.15, -0.1) is 0 Å². The maximum absolute atomic E-state index is 5.57. The summed E-state index contributed by atoms with van der Waals surface area (Å²) < 4.78 is 5.57. The van der Waals surface area contributed by atoms with Crippen LogP contribution >= 0.6 is 0 Å². The van der Waals surface area contributed by atoms with Crippen molar-refractivity contribution in [2.45, 2.75) is 60.0 Å². The molecule has 1 aliphatic rings. The van der Waals surface area contributed by atoms with Crippen LogP contribution in [0.4, 0.5) is 0 Å². The normalized spacial score (nSPS) is 22.6. The topological polar surface area (TPSA) is 9.23 Å². The van der Waals surface area contributed by atoms with Crippen LogP contribution in [-0.2, 0) is 4.74 Å². The van der Waals surface area contributed by atoms with Crippen LogP contribution in [-0.4, -0.2) is 6.10 Å². The first-order valence-corrected chi connectivity index (χ1v) is 5.09. The first kappa shape index (κ1) is 11.5. The molecule has 0 radical (unpaired) electrons. The van der Waals surface area contributed by atoms with E-state index < -0.39 is 0 Å². The van der Waals surface area contributed by atoms with E-state index in [2.05, 4.69) is 20.8 Å². The Kier molecular flexibility index (Phi) is 5.87. The molecule has 0 saturated heterocycles. The van der Waals surface area contributed by atoms with Crippen LogP contribution in [0.1, 0.15) is 53.9 Å². The molecular weight excluding hydrogens is 148 g/mol. The first-order chi connectivity index (χ1) is 5.74. The second-order valence-electron chi connectivity index (χ2n) is 2.98. The zero-order valence-electron chi connectivity index (χ0n) is 9.11. The number of rotatable bonds is 1. The molecule has 0 aromatic carbocycles. The van der Waals surface area contributed by atoms with E-state index in [0.717, 1.165) is 6.42 Å². The van der Waals surface area contributed by atoms with Crippen LogP contribution in [0.3, 0.4) is 0 Å². The molecule has 0 N–H and O–H groups in total. The van der Waals surface area contributed by atoms with Crippen molar-refractivity contribution in [2.75, 3.05) is 0 Å². The van der Waals surface area contributed by atoms with Crippen molar-refractivity contribution < 1.29 is 4.74 Å². The Balaban J connectivity index is 0.000000561. The molecule has 0 unspecified atom stereocenters. The van der Waals surface area contributed by atoms with Crippen molar-refractivity contribution in [3.05, 3.63) is 11.3 Å². The quantitative estimate of drug-likeness (QED) is 0.580. The van der Waals surface area contributed by atoms with Gasteiger partial charge in [-0.3, -0.25) is 0 Å². The standard InChI is InChI=1S/C9H16O.C2H6/c1-4-9-6-5-7(2)10-8(9)3;1-2/h7H,4-6H2,1-3H3;1-2H3/t7-;/m0./s1. The SMILES string of the molecule is CC.CCC1=C(C)O[C@@H](C)CC1. The average Bonchev–Trinajstić information content (AvgIpc) is 2.08. The van der Waals surface area contributed by atoms with Gasteiger partial charge in [-0.2, -0.15) is 0 Å². The van der Waals surface area contributed by atoms with Crippen LogP contribution in [0.15, 0.2) is 11.3 Å². The smallest absolute Gasteiger partial charge is 0.0957 e. The van der Waals surface area contributed by atoms with E-state index in [4.69, 9.17) is 4.74 Å². The second-order valence-corrected chi connectivity index (χ2v) is 2.98. The lowest BCUT2D eigenvalue weighted by Crippen LogP contribution is -2.13. The highest BCUT2D eigenvalue weighted by Gasteiger charge is 2.13. The summed E-state index contributed by atoms with van der Waals surface area (Å²) in [5, 5.41) is 0. The van der Waals surface area contributed by atoms with E-state index in [1.807, 2.05) is 13.8 Å². The van der Waals surface area contributed by atoms with E-state index in [0.29, 0.717) is 6.10 Å².